The van der Waals surface area contributed by atoms with Crippen molar-refractivity contribution < 1.29 is 9.90 Å². The largest absolute Gasteiger partial charge is 0.507 e. The summed E-state index contributed by atoms with van der Waals surface area (Å²) in [4.78, 5) is 12.9. The molecule has 1 aliphatic heterocycles. The molecule has 2 rings (SSSR count). The molecule has 5 heteroatoms. The van der Waals surface area contributed by atoms with Gasteiger partial charge in [-0.2, -0.15) is 0 Å². The van der Waals surface area contributed by atoms with Gasteiger partial charge in [0.2, 0.25) is 0 Å². The highest BCUT2D eigenvalue weighted by Gasteiger charge is 2.23. The maximum atomic E-state index is 11.5. The molecule has 0 aromatic heterocycles. The number of hydrogen-bond acceptors (Lipinski definition) is 3. The van der Waals surface area contributed by atoms with E-state index >= 15 is 0 Å². The van der Waals surface area contributed by atoms with Crippen molar-refractivity contribution in [2.75, 3.05) is 0 Å². The van der Waals surface area contributed by atoms with Crippen LogP contribution in [0.4, 0.5) is 4.79 Å². The second-order valence-corrected chi connectivity index (χ2v) is 3.59. The molecule has 4 N–H and O–H groups in total. The van der Waals surface area contributed by atoms with Crippen LogP contribution in [-0.4, -0.2) is 22.2 Å². The van der Waals surface area contributed by atoms with Crippen LogP contribution in [0.3, 0.4) is 0 Å². The van der Waals surface area contributed by atoms with Crippen molar-refractivity contribution in [2.24, 2.45) is 5.73 Å². The SMILES string of the molecule is NC1NC(=O)N(Cc2ccccc2)C=C1O. The number of nitrogens with two attached hydrogens (primary N) is 1. The van der Waals surface area contributed by atoms with Gasteiger partial charge in [-0.3, -0.25) is 4.90 Å². The van der Waals surface area contributed by atoms with Crippen molar-refractivity contribution in [3.8, 4) is 0 Å². The Morgan fingerprint density at radius 2 is 2.06 bits per heavy atom. The average molecular weight is 219 g/mol. The Hall–Kier alpha value is -2.01. The topological polar surface area (TPSA) is 78.6 Å². The van der Waals surface area contributed by atoms with E-state index in [0.717, 1.165) is 5.56 Å². The number of hydrogen-bond donors (Lipinski definition) is 3. The van der Waals surface area contributed by atoms with Crippen LogP contribution in [0.5, 0.6) is 0 Å². The van der Waals surface area contributed by atoms with Gasteiger partial charge in [-0.25, -0.2) is 4.79 Å². The fraction of sp³-hybridized carbons (Fsp3) is 0.182. The molecular formula is C11H13N3O2. The molecule has 0 bridgehead atoms. The van der Waals surface area contributed by atoms with Crippen LogP contribution in [0.2, 0.25) is 0 Å². The van der Waals surface area contributed by atoms with Gasteiger partial charge in [-0.1, -0.05) is 30.3 Å². The molecule has 0 fully saturated rings. The summed E-state index contributed by atoms with van der Waals surface area (Å²) in [5.41, 5.74) is 6.43. The summed E-state index contributed by atoms with van der Waals surface area (Å²) < 4.78 is 0. The van der Waals surface area contributed by atoms with Gasteiger partial charge in [0.25, 0.3) is 0 Å². The number of aliphatic hydroxyl groups excluding tert-OH is 1. The molecule has 0 spiro atoms. The van der Waals surface area contributed by atoms with Crippen molar-refractivity contribution in [3.63, 3.8) is 0 Å². The molecule has 1 atom stereocenters. The fourth-order valence-corrected chi connectivity index (χ4v) is 1.49. The van der Waals surface area contributed by atoms with Gasteiger partial charge in [0.05, 0.1) is 12.7 Å². The maximum absolute atomic E-state index is 11.5. The number of carbonyl (C=O) groups is 1. The number of urea groups is 1. The zero-order chi connectivity index (χ0) is 11.5. The van der Waals surface area contributed by atoms with Gasteiger partial charge in [-0.15, -0.1) is 0 Å². The van der Waals surface area contributed by atoms with E-state index in [0.29, 0.717) is 6.54 Å². The molecule has 1 heterocycles. The van der Waals surface area contributed by atoms with E-state index in [9.17, 15) is 9.90 Å². The van der Waals surface area contributed by atoms with Crippen LogP contribution in [0, 0.1) is 0 Å². The Balaban J connectivity index is 2.13. The second kappa shape index (κ2) is 4.24. The lowest BCUT2D eigenvalue weighted by Crippen LogP contribution is -2.51. The van der Waals surface area contributed by atoms with Gasteiger partial charge < -0.3 is 16.2 Å². The quantitative estimate of drug-likeness (QED) is 0.691. The van der Waals surface area contributed by atoms with Crippen LogP contribution < -0.4 is 11.1 Å². The molecule has 2 amide bonds. The molecule has 0 radical (unpaired) electrons. The first-order valence-corrected chi connectivity index (χ1v) is 4.94. The predicted octanol–water partition coefficient (Wildman–Crippen LogP) is 0.896. The van der Waals surface area contributed by atoms with Crippen molar-refractivity contribution >= 4 is 6.03 Å². The molecule has 1 aromatic rings. The van der Waals surface area contributed by atoms with E-state index in [4.69, 9.17) is 5.73 Å². The van der Waals surface area contributed by atoms with Crippen LogP contribution in [0.15, 0.2) is 42.3 Å². The Bertz CT molecular complexity index is 416. The minimum Gasteiger partial charge on any atom is -0.507 e. The third-order valence-electron chi connectivity index (χ3n) is 2.34. The molecule has 5 nitrogen and oxygen atoms in total. The smallest absolute Gasteiger partial charge is 0.323 e. The van der Waals surface area contributed by atoms with Crippen LogP contribution in [-0.2, 0) is 6.54 Å². The highest BCUT2D eigenvalue weighted by molar-refractivity contribution is 5.77. The lowest BCUT2D eigenvalue weighted by Gasteiger charge is -2.27. The van der Waals surface area contributed by atoms with Crippen LogP contribution in [0.1, 0.15) is 5.56 Å². The van der Waals surface area contributed by atoms with Gasteiger partial charge in [0.15, 0.2) is 0 Å². The van der Waals surface area contributed by atoms with Gasteiger partial charge in [0, 0.05) is 0 Å². The summed E-state index contributed by atoms with van der Waals surface area (Å²) in [6.45, 7) is 0.406. The van der Waals surface area contributed by atoms with Crippen molar-refractivity contribution in [2.45, 2.75) is 12.7 Å². The molecule has 84 valence electrons. The first kappa shape index (κ1) is 10.5. The standard InChI is InChI=1S/C11H13N3O2/c12-10-9(15)7-14(11(16)13-10)6-8-4-2-1-3-5-8/h1-5,7,10,15H,6,12H2,(H,13,16). The summed E-state index contributed by atoms with van der Waals surface area (Å²) in [5, 5.41) is 11.9. The van der Waals surface area contributed by atoms with Crippen molar-refractivity contribution in [1.82, 2.24) is 10.2 Å². The fourth-order valence-electron chi connectivity index (χ4n) is 1.49. The molecule has 1 aliphatic rings. The first-order chi connectivity index (χ1) is 7.66. The number of nitrogens with one attached hydrogen (secondary N) is 1. The summed E-state index contributed by atoms with van der Waals surface area (Å²) in [5.74, 6) is -0.0458. The Labute approximate surface area is 93.2 Å². The molecule has 0 saturated carbocycles. The van der Waals surface area contributed by atoms with Gasteiger partial charge in [-0.05, 0) is 5.56 Å². The van der Waals surface area contributed by atoms with E-state index in [2.05, 4.69) is 5.32 Å². The summed E-state index contributed by atoms with van der Waals surface area (Å²) in [6, 6.07) is 9.20. The number of nitrogens with zero attached hydrogens (tertiary/aromatic N) is 1. The van der Waals surface area contributed by atoms with Gasteiger partial charge >= 0.3 is 6.03 Å². The Morgan fingerprint density at radius 1 is 1.38 bits per heavy atom. The highest BCUT2D eigenvalue weighted by Crippen LogP contribution is 2.10. The number of rotatable bonds is 2. The van der Waals surface area contributed by atoms with Crippen LogP contribution in [0.25, 0.3) is 0 Å². The van der Waals surface area contributed by atoms with E-state index in [-0.39, 0.29) is 11.8 Å². The monoisotopic (exact) mass is 219 g/mol. The Kier molecular flexibility index (Phi) is 2.78. The minimum absolute atomic E-state index is 0.0458. The van der Waals surface area contributed by atoms with E-state index in [1.165, 1.54) is 11.1 Å². The minimum atomic E-state index is -0.806. The van der Waals surface area contributed by atoms with E-state index in [1.807, 2.05) is 30.3 Å². The third-order valence-corrected chi connectivity index (χ3v) is 2.34. The van der Waals surface area contributed by atoms with Crippen molar-refractivity contribution in [1.29, 1.82) is 0 Å². The average Bonchev–Trinajstić information content (AvgIpc) is 2.27. The zero-order valence-electron chi connectivity index (χ0n) is 8.63. The molecule has 0 saturated heterocycles. The zero-order valence-corrected chi connectivity index (χ0v) is 8.63. The number of carbonyl (C=O) groups excluding carboxylic acids is 1. The summed E-state index contributed by atoms with van der Waals surface area (Å²) in [7, 11) is 0. The van der Waals surface area contributed by atoms with E-state index in [1.54, 1.807) is 0 Å². The number of amides is 2. The van der Waals surface area contributed by atoms with Crippen LogP contribution >= 0.6 is 0 Å². The molecular weight excluding hydrogens is 206 g/mol. The molecule has 1 unspecified atom stereocenters. The number of aliphatic hydroxyl groups is 1. The molecule has 1 aromatic carbocycles. The predicted molar refractivity (Wildman–Crippen MR) is 59.2 cm³/mol. The first-order valence-electron chi connectivity index (χ1n) is 4.94. The normalized spacial score (nSPS) is 20.3. The summed E-state index contributed by atoms with van der Waals surface area (Å²) in [6.07, 6.45) is 0.552. The second-order valence-electron chi connectivity index (χ2n) is 3.59. The summed E-state index contributed by atoms with van der Waals surface area (Å²) >= 11 is 0. The van der Waals surface area contributed by atoms with Gasteiger partial charge in [0.1, 0.15) is 11.9 Å². The number of benzene rings is 1. The molecule has 16 heavy (non-hydrogen) atoms. The maximum Gasteiger partial charge on any atom is 0.323 e. The third kappa shape index (κ3) is 2.14. The lowest BCUT2D eigenvalue weighted by molar-refractivity contribution is 0.194. The van der Waals surface area contributed by atoms with E-state index < -0.39 is 6.17 Å². The van der Waals surface area contributed by atoms with Crippen molar-refractivity contribution in [3.05, 3.63) is 47.9 Å². The Morgan fingerprint density at radius 3 is 2.75 bits per heavy atom. The highest BCUT2D eigenvalue weighted by atomic mass is 16.3. The lowest BCUT2D eigenvalue weighted by atomic mass is 10.2. The molecule has 0 aliphatic carbocycles.